The largest absolute Gasteiger partial charge is 0.485 e. The fraction of sp³-hybridized carbons (Fsp3) is 0.300. The second-order valence-corrected chi connectivity index (χ2v) is 7.90. The number of thiazole rings is 1. The summed E-state index contributed by atoms with van der Waals surface area (Å²) in [6.45, 7) is 0.933. The molecule has 0 N–H and O–H groups in total. The number of nitrogens with zero attached hydrogens (tertiary/aromatic N) is 3. The average molecular weight is 419 g/mol. The molecule has 0 fully saturated rings. The Morgan fingerprint density at radius 1 is 1.21 bits per heavy atom. The number of hydrogen-bond acceptors (Lipinski definition) is 6. The van der Waals surface area contributed by atoms with Crippen LogP contribution in [0.5, 0.6) is 11.5 Å². The summed E-state index contributed by atoms with van der Waals surface area (Å²) in [5.74, 6) is -0.719. The molecule has 0 bridgehead atoms. The van der Waals surface area contributed by atoms with Crippen LogP contribution >= 0.6 is 11.3 Å². The Morgan fingerprint density at radius 2 is 1.97 bits per heavy atom. The average Bonchev–Trinajstić information content (AvgIpc) is 3.11. The van der Waals surface area contributed by atoms with Gasteiger partial charge in [-0.25, -0.2) is 13.8 Å². The molecule has 152 valence electrons. The van der Waals surface area contributed by atoms with Crippen LogP contribution in [0.25, 0.3) is 10.2 Å². The predicted octanol–water partition coefficient (Wildman–Crippen LogP) is 3.31. The molecule has 2 heterocycles. The zero-order valence-electron chi connectivity index (χ0n) is 15.9. The van der Waals surface area contributed by atoms with Crippen LogP contribution in [-0.4, -0.2) is 55.7 Å². The van der Waals surface area contributed by atoms with E-state index in [1.54, 1.807) is 18.2 Å². The van der Waals surface area contributed by atoms with Crippen LogP contribution in [0.15, 0.2) is 36.4 Å². The first-order chi connectivity index (χ1) is 13.9. The van der Waals surface area contributed by atoms with E-state index in [2.05, 4.69) is 4.98 Å². The van der Waals surface area contributed by atoms with Gasteiger partial charge in [-0.1, -0.05) is 23.5 Å². The first kappa shape index (κ1) is 19.5. The number of carbonyl (C=O) groups is 1. The molecule has 4 rings (SSSR count). The third-order valence-electron chi connectivity index (χ3n) is 4.45. The van der Waals surface area contributed by atoms with Crippen molar-refractivity contribution in [2.45, 2.75) is 6.10 Å². The highest BCUT2D eigenvalue weighted by Gasteiger charge is 2.33. The van der Waals surface area contributed by atoms with Crippen molar-refractivity contribution in [2.75, 3.05) is 38.7 Å². The molecule has 1 amide bonds. The molecule has 0 unspecified atom stereocenters. The predicted molar refractivity (Wildman–Crippen MR) is 107 cm³/mol. The van der Waals surface area contributed by atoms with Crippen molar-refractivity contribution in [1.29, 1.82) is 0 Å². The van der Waals surface area contributed by atoms with Gasteiger partial charge >= 0.3 is 0 Å². The molecule has 1 atom stereocenters. The molecule has 29 heavy (non-hydrogen) atoms. The van der Waals surface area contributed by atoms with Crippen LogP contribution in [0.1, 0.15) is 0 Å². The molecule has 0 aliphatic carbocycles. The van der Waals surface area contributed by atoms with Crippen LogP contribution in [-0.2, 0) is 4.79 Å². The zero-order valence-corrected chi connectivity index (χ0v) is 16.7. The van der Waals surface area contributed by atoms with Crippen LogP contribution in [0.2, 0.25) is 0 Å². The van der Waals surface area contributed by atoms with Crippen molar-refractivity contribution >= 4 is 32.6 Å². The second kappa shape index (κ2) is 7.92. The molecular weight excluding hydrogens is 400 g/mol. The number of amides is 1. The molecule has 3 aromatic rings. The lowest BCUT2D eigenvalue weighted by Gasteiger charge is -2.30. The Hall–Kier alpha value is -2.78. The maximum absolute atomic E-state index is 14.1. The van der Waals surface area contributed by atoms with E-state index in [4.69, 9.17) is 9.47 Å². The summed E-state index contributed by atoms with van der Waals surface area (Å²) in [5.41, 5.74) is 0.0419. The smallest absolute Gasteiger partial charge is 0.273 e. The summed E-state index contributed by atoms with van der Waals surface area (Å²) in [4.78, 5) is 20.9. The quantitative estimate of drug-likeness (QED) is 0.635. The Kier molecular flexibility index (Phi) is 5.33. The van der Waals surface area contributed by atoms with Gasteiger partial charge in [-0.3, -0.25) is 9.69 Å². The van der Waals surface area contributed by atoms with E-state index in [0.717, 1.165) is 17.4 Å². The van der Waals surface area contributed by atoms with Gasteiger partial charge in [0.25, 0.3) is 5.91 Å². The van der Waals surface area contributed by atoms with Gasteiger partial charge in [-0.2, -0.15) is 0 Å². The molecule has 0 radical (unpaired) electrons. The highest BCUT2D eigenvalue weighted by molar-refractivity contribution is 7.22. The fourth-order valence-corrected chi connectivity index (χ4v) is 4.01. The SMILES string of the molecule is CN(C)CCN(C(=O)[C@@H]1COc2ccccc2O1)c1nc2c(F)cc(F)cc2s1. The van der Waals surface area contributed by atoms with Gasteiger partial charge in [0.05, 0.1) is 4.70 Å². The topological polar surface area (TPSA) is 54.9 Å². The molecule has 0 spiro atoms. The summed E-state index contributed by atoms with van der Waals surface area (Å²) in [6.07, 6.45) is -0.861. The normalized spacial score (nSPS) is 15.7. The summed E-state index contributed by atoms with van der Waals surface area (Å²) in [6, 6.07) is 9.11. The first-order valence-corrected chi connectivity index (χ1v) is 9.84. The standard InChI is InChI=1S/C20H19F2N3O3S/c1-24(2)7-8-25(20-23-18-13(22)9-12(21)10-17(18)29-20)19(26)16-11-27-14-5-3-4-6-15(14)28-16/h3-6,9-10,16H,7-8,11H2,1-2H3/t16-/m0/s1. The van der Waals surface area contributed by atoms with Crippen molar-refractivity contribution in [1.82, 2.24) is 9.88 Å². The van der Waals surface area contributed by atoms with Crippen LogP contribution in [0.3, 0.4) is 0 Å². The van der Waals surface area contributed by atoms with Crippen molar-refractivity contribution < 1.29 is 23.0 Å². The number of likely N-dealkylation sites (N-methyl/N-ethyl adjacent to an activating group) is 1. The number of rotatable bonds is 5. The monoisotopic (exact) mass is 419 g/mol. The number of para-hydroxylation sites is 2. The Morgan fingerprint density at radius 3 is 2.72 bits per heavy atom. The number of anilines is 1. The van der Waals surface area contributed by atoms with Gasteiger partial charge in [0.15, 0.2) is 22.4 Å². The first-order valence-electron chi connectivity index (χ1n) is 9.02. The van der Waals surface area contributed by atoms with E-state index in [9.17, 15) is 13.6 Å². The maximum Gasteiger partial charge on any atom is 0.273 e. The number of fused-ring (bicyclic) bond motifs is 2. The molecule has 2 aromatic carbocycles. The molecular formula is C20H19F2N3O3S. The Bertz CT molecular complexity index is 1060. The lowest BCUT2D eigenvalue weighted by molar-refractivity contribution is -0.127. The third-order valence-corrected chi connectivity index (χ3v) is 5.48. The highest BCUT2D eigenvalue weighted by atomic mass is 32.1. The molecule has 1 aliphatic heterocycles. The number of ether oxygens (including phenoxy) is 2. The van der Waals surface area contributed by atoms with Crippen LogP contribution < -0.4 is 14.4 Å². The molecule has 0 saturated carbocycles. The number of hydrogen-bond donors (Lipinski definition) is 0. The summed E-state index contributed by atoms with van der Waals surface area (Å²) in [5, 5.41) is 0.291. The van der Waals surface area contributed by atoms with Gasteiger partial charge < -0.3 is 14.4 Å². The van der Waals surface area contributed by atoms with E-state index >= 15 is 0 Å². The van der Waals surface area contributed by atoms with E-state index in [0.29, 0.717) is 34.4 Å². The Labute approximate surface area is 170 Å². The van der Waals surface area contributed by atoms with Gasteiger partial charge in [0.2, 0.25) is 6.10 Å². The van der Waals surface area contributed by atoms with Crippen LogP contribution in [0, 0.1) is 11.6 Å². The van der Waals surface area contributed by atoms with Crippen molar-refractivity contribution in [2.24, 2.45) is 0 Å². The number of halogens is 2. The minimum Gasteiger partial charge on any atom is -0.485 e. The summed E-state index contributed by atoms with van der Waals surface area (Å²) in [7, 11) is 3.76. The summed E-state index contributed by atoms with van der Waals surface area (Å²) >= 11 is 1.06. The van der Waals surface area contributed by atoms with Gasteiger partial charge in [0, 0.05) is 19.2 Å². The maximum atomic E-state index is 14.1. The third kappa shape index (κ3) is 4.01. The molecule has 6 nitrogen and oxygen atoms in total. The van der Waals surface area contributed by atoms with E-state index in [1.165, 1.54) is 11.0 Å². The van der Waals surface area contributed by atoms with Crippen LogP contribution in [0.4, 0.5) is 13.9 Å². The van der Waals surface area contributed by atoms with Gasteiger partial charge in [-0.05, 0) is 32.3 Å². The Balaban J connectivity index is 1.65. The number of carbonyl (C=O) groups excluding carboxylic acids is 1. The second-order valence-electron chi connectivity index (χ2n) is 6.89. The number of aromatic nitrogens is 1. The number of benzene rings is 2. The fourth-order valence-electron chi connectivity index (χ4n) is 2.98. The van der Waals surface area contributed by atoms with Crippen molar-refractivity contribution in [3.05, 3.63) is 48.0 Å². The lowest BCUT2D eigenvalue weighted by Crippen LogP contribution is -2.48. The molecule has 9 heteroatoms. The minimum atomic E-state index is -0.861. The minimum absolute atomic E-state index is 0.0419. The van der Waals surface area contributed by atoms with Gasteiger partial charge in [-0.15, -0.1) is 0 Å². The molecule has 1 aromatic heterocycles. The van der Waals surface area contributed by atoms with E-state index in [-0.39, 0.29) is 18.0 Å². The van der Waals surface area contributed by atoms with Gasteiger partial charge in [0.1, 0.15) is 17.9 Å². The molecule has 0 saturated heterocycles. The highest BCUT2D eigenvalue weighted by Crippen LogP contribution is 2.34. The zero-order chi connectivity index (χ0) is 20.5. The summed E-state index contributed by atoms with van der Waals surface area (Å²) < 4.78 is 39.5. The van der Waals surface area contributed by atoms with E-state index < -0.39 is 17.7 Å². The van der Waals surface area contributed by atoms with Crippen molar-refractivity contribution in [3.63, 3.8) is 0 Å². The lowest BCUT2D eigenvalue weighted by atomic mass is 10.2. The van der Waals surface area contributed by atoms with E-state index in [1.807, 2.05) is 25.1 Å². The van der Waals surface area contributed by atoms with Crippen molar-refractivity contribution in [3.8, 4) is 11.5 Å². The molecule has 1 aliphatic rings.